The van der Waals surface area contributed by atoms with Gasteiger partial charge in [0.1, 0.15) is 0 Å². The Morgan fingerprint density at radius 1 is 0.750 bits per heavy atom. The van der Waals surface area contributed by atoms with Crippen molar-refractivity contribution >= 4 is 21.9 Å². The summed E-state index contributed by atoms with van der Waals surface area (Å²) in [7, 11) is 0. The smallest absolute Gasteiger partial charge is 0.00255 e. The van der Waals surface area contributed by atoms with Crippen molar-refractivity contribution in [1.29, 1.82) is 0 Å². The molecule has 3 aromatic carbocycles. The molecular formula is C24H24. The topological polar surface area (TPSA) is 0 Å². The van der Waals surface area contributed by atoms with Crippen LogP contribution in [0.25, 0.3) is 21.9 Å². The molecule has 0 heteroatoms. The van der Waals surface area contributed by atoms with Gasteiger partial charge in [-0.3, -0.25) is 0 Å². The first-order chi connectivity index (χ1) is 11.6. The summed E-state index contributed by atoms with van der Waals surface area (Å²) in [4.78, 5) is 0. The zero-order chi connectivity index (χ0) is 17.1. The third-order valence-electron chi connectivity index (χ3n) is 4.59. The van der Waals surface area contributed by atoms with E-state index in [1.54, 1.807) is 0 Å². The number of fused-ring (bicyclic) bond motifs is 1. The maximum Gasteiger partial charge on any atom is -0.00255 e. The van der Waals surface area contributed by atoms with Crippen LogP contribution in [0.2, 0.25) is 0 Å². The van der Waals surface area contributed by atoms with E-state index in [1.165, 1.54) is 33.0 Å². The molecule has 0 N–H and O–H groups in total. The maximum absolute atomic E-state index is 4.28. The molecule has 0 atom stereocenters. The molecule has 0 aromatic heterocycles. The second-order valence-electron chi connectivity index (χ2n) is 6.51. The van der Waals surface area contributed by atoms with E-state index in [1.807, 2.05) is 6.92 Å². The SMILES string of the molecule is C=C(C)c1ccc2cc(CC(=C)c3ccc(CC)cc3)ccc2c1. The predicted molar refractivity (Wildman–Crippen MR) is 107 cm³/mol. The van der Waals surface area contributed by atoms with Gasteiger partial charge in [0.25, 0.3) is 0 Å². The molecule has 0 nitrogen and oxygen atoms in total. The summed E-state index contributed by atoms with van der Waals surface area (Å²) in [6.45, 7) is 12.5. The molecule has 3 rings (SSSR count). The van der Waals surface area contributed by atoms with Gasteiger partial charge in [0, 0.05) is 0 Å². The Kier molecular flexibility index (Phi) is 4.66. The van der Waals surface area contributed by atoms with Crippen molar-refractivity contribution in [1.82, 2.24) is 0 Å². The number of benzene rings is 3. The summed E-state index contributed by atoms with van der Waals surface area (Å²) < 4.78 is 0. The number of hydrogen-bond acceptors (Lipinski definition) is 0. The van der Waals surface area contributed by atoms with E-state index in [-0.39, 0.29) is 0 Å². The molecule has 0 saturated carbocycles. The summed E-state index contributed by atoms with van der Waals surface area (Å²) in [5, 5.41) is 2.53. The van der Waals surface area contributed by atoms with Gasteiger partial charge in [-0.25, -0.2) is 0 Å². The zero-order valence-electron chi connectivity index (χ0n) is 14.6. The van der Waals surface area contributed by atoms with Crippen LogP contribution in [0, 0.1) is 0 Å². The van der Waals surface area contributed by atoms with Crippen molar-refractivity contribution in [2.24, 2.45) is 0 Å². The highest BCUT2D eigenvalue weighted by Crippen LogP contribution is 2.24. The van der Waals surface area contributed by atoms with Crippen LogP contribution in [-0.2, 0) is 12.8 Å². The van der Waals surface area contributed by atoms with E-state index >= 15 is 0 Å². The molecule has 24 heavy (non-hydrogen) atoms. The maximum atomic E-state index is 4.28. The second kappa shape index (κ2) is 6.88. The standard InChI is InChI=1S/C24H24/c1-5-19-6-9-21(10-7-19)18(4)14-20-8-11-24-16-22(17(2)3)12-13-23(24)15-20/h6-13,15-16H,2,4-5,14H2,1,3H3. The van der Waals surface area contributed by atoms with Gasteiger partial charge in [-0.05, 0) is 64.4 Å². The van der Waals surface area contributed by atoms with Crippen molar-refractivity contribution in [3.8, 4) is 0 Å². The van der Waals surface area contributed by atoms with E-state index < -0.39 is 0 Å². The van der Waals surface area contributed by atoms with Crippen molar-refractivity contribution in [3.63, 3.8) is 0 Å². The molecule has 0 aliphatic carbocycles. The number of aryl methyl sites for hydroxylation is 1. The molecule has 3 aromatic rings. The first-order valence-electron chi connectivity index (χ1n) is 8.52. The van der Waals surface area contributed by atoms with Gasteiger partial charge in [0.2, 0.25) is 0 Å². The highest BCUT2D eigenvalue weighted by molar-refractivity contribution is 5.87. The number of hydrogen-bond donors (Lipinski definition) is 0. The van der Waals surface area contributed by atoms with Crippen molar-refractivity contribution in [2.75, 3.05) is 0 Å². The minimum Gasteiger partial charge on any atom is -0.0955 e. The van der Waals surface area contributed by atoms with E-state index in [0.717, 1.165) is 24.0 Å². The van der Waals surface area contributed by atoms with E-state index in [2.05, 4.69) is 80.7 Å². The van der Waals surface area contributed by atoms with Gasteiger partial charge in [0.15, 0.2) is 0 Å². The molecule has 0 aliphatic heterocycles. The van der Waals surface area contributed by atoms with Crippen LogP contribution in [0.5, 0.6) is 0 Å². The lowest BCUT2D eigenvalue weighted by Crippen LogP contribution is -1.91. The lowest BCUT2D eigenvalue weighted by atomic mass is 9.96. The summed E-state index contributed by atoms with van der Waals surface area (Å²) >= 11 is 0. The lowest BCUT2D eigenvalue weighted by molar-refractivity contribution is 1.14. The minimum absolute atomic E-state index is 0.879. The van der Waals surface area contributed by atoms with E-state index in [0.29, 0.717) is 0 Å². The lowest BCUT2D eigenvalue weighted by Gasteiger charge is -2.09. The Balaban J connectivity index is 1.82. The highest BCUT2D eigenvalue weighted by Gasteiger charge is 2.04. The molecule has 0 saturated heterocycles. The summed E-state index contributed by atoms with van der Waals surface area (Å²) in [6, 6.07) is 22.0. The van der Waals surface area contributed by atoms with Crippen LogP contribution >= 0.6 is 0 Å². The Morgan fingerprint density at radius 3 is 2.00 bits per heavy atom. The summed E-state index contributed by atoms with van der Waals surface area (Å²) in [5.74, 6) is 0. The molecule has 0 amide bonds. The monoisotopic (exact) mass is 312 g/mol. The average Bonchev–Trinajstić information content (AvgIpc) is 2.61. The molecule has 0 aliphatic rings. The summed E-state index contributed by atoms with van der Waals surface area (Å²) in [5.41, 5.74) is 7.36. The molecule has 0 unspecified atom stereocenters. The van der Waals surface area contributed by atoms with Crippen LogP contribution in [-0.4, -0.2) is 0 Å². The molecule has 0 fully saturated rings. The third-order valence-corrected chi connectivity index (χ3v) is 4.59. The number of rotatable bonds is 5. The first kappa shape index (κ1) is 16.3. The van der Waals surface area contributed by atoms with Crippen molar-refractivity contribution in [2.45, 2.75) is 26.7 Å². The minimum atomic E-state index is 0.879. The van der Waals surface area contributed by atoms with Crippen LogP contribution in [0.1, 0.15) is 36.1 Å². The normalized spacial score (nSPS) is 10.8. The van der Waals surface area contributed by atoms with Gasteiger partial charge in [-0.1, -0.05) is 80.3 Å². The van der Waals surface area contributed by atoms with Gasteiger partial charge in [-0.2, -0.15) is 0 Å². The van der Waals surface area contributed by atoms with E-state index in [4.69, 9.17) is 0 Å². The molecule has 0 spiro atoms. The first-order valence-corrected chi connectivity index (χ1v) is 8.52. The quantitative estimate of drug-likeness (QED) is 0.492. The van der Waals surface area contributed by atoms with E-state index in [9.17, 15) is 0 Å². The average molecular weight is 312 g/mol. The molecule has 120 valence electrons. The molecule has 0 bridgehead atoms. The summed E-state index contributed by atoms with van der Waals surface area (Å²) in [6.07, 6.45) is 1.95. The third kappa shape index (κ3) is 3.49. The fourth-order valence-electron chi connectivity index (χ4n) is 3.00. The number of allylic oxidation sites excluding steroid dienone is 2. The molecule has 0 heterocycles. The van der Waals surface area contributed by atoms with Gasteiger partial charge in [0.05, 0.1) is 0 Å². The van der Waals surface area contributed by atoms with Crippen LogP contribution in [0.15, 0.2) is 73.8 Å². The van der Waals surface area contributed by atoms with Gasteiger partial charge >= 0.3 is 0 Å². The largest absolute Gasteiger partial charge is 0.0955 e. The van der Waals surface area contributed by atoms with Crippen molar-refractivity contribution in [3.05, 3.63) is 96.1 Å². The van der Waals surface area contributed by atoms with Gasteiger partial charge in [-0.15, -0.1) is 0 Å². The van der Waals surface area contributed by atoms with Crippen LogP contribution < -0.4 is 0 Å². The molecular weight excluding hydrogens is 288 g/mol. The fourth-order valence-corrected chi connectivity index (χ4v) is 3.00. The second-order valence-corrected chi connectivity index (χ2v) is 6.51. The Labute approximate surface area is 145 Å². The highest BCUT2D eigenvalue weighted by atomic mass is 14.1. The fraction of sp³-hybridized carbons (Fsp3) is 0.167. The molecule has 0 radical (unpaired) electrons. The van der Waals surface area contributed by atoms with Crippen molar-refractivity contribution < 1.29 is 0 Å². The predicted octanol–water partition coefficient (Wildman–Crippen LogP) is 6.69. The Bertz CT molecular complexity index is 895. The Morgan fingerprint density at radius 2 is 1.33 bits per heavy atom. The zero-order valence-corrected chi connectivity index (χ0v) is 14.6. The van der Waals surface area contributed by atoms with Crippen LogP contribution in [0.3, 0.4) is 0 Å². The van der Waals surface area contributed by atoms with Crippen LogP contribution in [0.4, 0.5) is 0 Å². The Hall–Kier alpha value is -2.60. The van der Waals surface area contributed by atoms with Gasteiger partial charge < -0.3 is 0 Å².